The van der Waals surface area contributed by atoms with Crippen molar-refractivity contribution in [3.63, 3.8) is 0 Å². The standard InChI is InChI=1S/C16H24N2O3/c1-11(16(19)18-12-6-4-3-5-7-12)21-15-9-8-13(20-2)10-14(15)17/h8-12H,3-7,17H2,1-2H3,(H,18,19). The topological polar surface area (TPSA) is 73.6 Å². The monoisotopic (exact) mass is 292 g/mol. The van der Waals surface area contributed by atoms with Crippen LogP contribution in [0.1, 0.15) is 39.0 Å². The Bertz CT molecular complexity index is 484. The van der Waals surface area contributed by atoms with Gasteiger partial charge >= 0.3 is 0 Å². The molecular formula is C16H24N2O3. The zero-order valence-electron chi connectivity index (χ0n) is 12.7. The number of nitrogens with two attached hydrogens (primary N) is 1. The SMILES string of the molecule is COc1ccc(OC(C)C(=O)NC2CCCCC2)c(N)c1. The van der Waals surface area contributed by atoms with Crippen molar-refractivity contribution in [3.8, 4) is 11.5 Å². The number of nitrogens with one attached hydrogen (secondary N) is 1. The van der Waals surface area contributed by atoms with E-state index in [1.54, 1.807) is 32.2 Å². The van der Waals surface area contributed by atoms with Crippen molar-refractivity contribution in [1.29, 1.82) is 0 Å². The van der Waals surface area contributed by atoms with Gasteiger partial charge in [0.15, 0.2) is 6.10 Å². The first-order chi connectivity index (χ1) is 10.1. The van der Waals surface area contributed by atoms with Crippen LogP contribution in [-0.2, 0) is 4.79 Å². The maximum atomic E-state index is 12.1. The molecule has 21 heavy (non-hydrogen) atoms. The zero-order valence-corrected chi connectivity index (χ0v) is 12.7. The van der Waals surface area contributed by atoms with E-state index >= 15 is 0 Å². The van der Waals surface area contributed by atoms with Crippen molar-refractivity contribution >= 4 is 11.6 Å². The van der Waals surface area contributed by atoms with Gasteiger partial charge in [-0.05, 0) is 31.9 Å². The molecule has 0 heterocycles. The Hall–Kier alpha value is -1.91. The van der Waals surface area contributed by atoms with Crippen LogP contribution in [0.3, 0.4) is 0 Å². The predicted molar refractivity (Wildman–Crippen MR) is 82.5 cm³/mol. The van der Waals surface area contributed by atoms with E-state index in [2.05, 4.69) is 5.32 Å². The second-order valence-electron chi connectivity index (χ2n) is 5.51. The maximum absolute atomic E-state index is 12.1. The van der Waals surface area contributed by atoms with Crippen molar-refractivity contribution in [2.45, 2.75) is 51.2 Å². The number of nitrogen functional groups attached to an aromatic ring is 1. The number of rotatable bonds is 5. The van der Waals surface area contributed by atoms with E-state index < -0.39 is 6.10 Å². The second kappa shape index (κ2) is 7.20. The molecule has 1 aromatic rings. The van der Waals surface area contributed by atoms with Gasteiger partial charge in [0.1, 0.15) is 11.5 Å². The van der Waals surface area contributed by atoms with Crippen LogP contribution in [0.5, 0.6) is 11.5 Å². The number of hydrogen-bond donors (Lipinski definition) is 2. The van der Waals surface area contributed by atoms with E-state index in [-0.39, 0.29) is 11.9 Å². The van der Waals surface area contributed by atoms with Crippen molar-refractivity contribution in [2.24, 2.45) is 0 Å². The quantitative estimate of drug-likeness (QED) is 0.818. The lowest BCUT2D eigenvalue weighted by molar-refractivity contribution is -0.128. The summed E-state index contributed by atoms with van der Waals surface area (Å²) >= 11 is 0. The summed E-state index contributed by atoms with van der Waals surface area (Å²) in [4.78, 5) is 12.1. The summed E-state index contributed by atoms with van der Waals surface area (Å²) in [6, 6.07) is 5.45. The Kier molecular flexibility index (Phi) is 5.31. The van der Waals surface area contributed by atoms with Gasteiger partial charge < -0.3 is 20.5 Å². The van der Waals surface area contributed by atoms with Gasteiger partial charge in [0.2, 0.25) is 0 Å². The fraction of sp³-hybridized carbons (Fsp3) is 0.562. The highest BCUT2D eigenvalue weighted by molar-refractivity contribution is 5.81. The van der Waals surface area contributed by atoms with Crippen LogP contribution >= 0.6 is 0 Å². The van der Waals surface area contributed by atoms with Crippen LogP contribution < -0.4 is 20.5 Å². The molecule has 1 saturated carbocycles. The van der Waals surface area contributed by atoms with Crippen LogP contribution in [0.2, 0.25) is 0 Å². The molecule has 0 saturated heterocycles. The highest BCUT2D eigenvalue weighted by atomic mass is 16.5. The molecule has 1 aliphatic carbocycles. The van der Waals surface area contributed by atoms with Crippen molar-refractivity contribution in [2.75, 3.05) is 12.8 Å². The summed E-state index contributed by atoms with van der Waals surface area (Å²) in [6.45, 7) is 1.74. The molecule has 3 N–H and O–H groups in total. The minimum absolute atomic E-state index is 0.0860. The minimum atomic E-state index is -0.567. The molecule has 2 rings (SSSR count). The normalized spacial score (nSPS) is 17.0. The average molecular weight is 292 g/mol. The first-order valence-electron chi connectivity index (χ1n) is 7.50. The molecule has 0 radical (unpaired) electrons. The molecule has 1 aliphatic rings. The first-order valence-corrected chi connectivity index (χ1v) is 7.50. The highest BCUT2D eigenvalue weighted by Gasteiger charge is 2.21. The number of carbonyl (C=O) groups excluding carboxylic acids is 1. The van der Waals surface area contributed by atoms with E-state index in [1.807, 2.05) is 0 Å². The Morgan fingerprint density at radius 1 is 1.33 bits per heavy atom. The van der Waals surface area contributed by atoms with Crippen LogP contribution in [0.4, 0.5) is 5.69 Å². The summed E-state index contributed by atoms with van der Waals surface area (Å²) in [7, 11) is 1.58. The fourth-order valence-corrected chi connectivity index (χ4v) is 2.57. The zero-order chi connectivity index (χ0) is 15.2. The van der Waals surface area contributed by atoms with Gasteiger partial charge in [-0.15, -0.1) is 0 Å². The van der Waals surface area contributed by atoms with Crippen LogP contribution in [0.15, 0.2) is 18.2 Å². The lowest BCUT2D eigenvalue weighted by Crippen LogP contribution is -2.43. The molecule has 0 spiro atoms. The maximum Gasteiger partial charge on any atom is 0.260 e. The van der Waals surface area contributed by atoms with Gasteiger partial charge in [-0.25, -0.2) is 0 Å². The lowest BCUT2D eigenvalue weighted by Gasteiger charge is -2.25. The summed E-state index contributed by atoms with van der Waals surface area (Å²) in [5.74, 6) is 1.08. The predicted octanol–water partition coefficient (Wildman–Crippen LogP) is 2.49. The molecule has 1 amide bonds. The molecule has 0 bridgehead atoms. The molecule has 1 aromatic carbocycles. The number of ether oxygens (including phenoxy) is 2. The number of benzene rings is 1. The van der Waals surface area contributed by atoms with E-state index in [4.69, 9.17) is 15.2 Å². The molecule has 0 aromatic heterocycles. The Morgan fingerprint density at radius 2 is 2.05 bits per heavy atom. The molecule has 5 nitrogen and oxygen atoms in total. The van der Waals surface area contributed by atoms with E-state index in [0.717, 1.165) is 12.8 Å². The number of hydrogen-bond acceptors (Lipinski definition) is 4. The van der Waals surface area contributed by atoms with Gasteiger partial charge in [-0.2, -0.15) is 0 Å². The van der Waals surface area contributed by atoms with Crippen molar-refractivity contribution in [3.05, 3.63) is 18.2 Å². The average Bonchev–Trinajstić information content (AvgIpc) is 2.50. The summed E-state index contributed by atoms with van der Waals surface area (Å²) in [5, 5.41) is 3.05. The number of methoxy groups -OCH3 is 1. The summed E-state index contributed by atoms with van der Waals surface area (Å²) < 4.78 is 10.7. The largest absolute Gasteiger partial charge is 0.497 e. The first kappa shape index (κ1) is 15.5. The van der Waals surface area contributed by atoms with Gasteiger partial charge in [0, 0.05) is 12.1 Å². The summed E-state index contributed by atoms with van der Waals surface area (Å²) in [6.07, 6.45) is 5.19. The third kappa shape index (κ3) is 4.28. The molecule has 1 atom stereocenters. The molecular weight excluding hydrogens is 268 g/mol. The third-order valence-corrected chi connectivity index (χ3v) is 3.84. The Morgan fingerprint density at radius 3 is 2.67 bits per heavy atom. The molecule has 1 fully saturated rings. The van der Waals surface area contributed by atoms with Gasteiger partial charge in [0.05, 0.1) is 12.8 Å². The van der Waals surface area contributed by atoms with Crippen molar-refractivity contribution < 1.29 is 14.3 Å². The molecule has 1 unspecified atom stereocenters. The Balaban J connectivity index is 1.90. The molecule has 116 valence electrons. The fourth-order valence-electron chi connectivity index (χ4n) is 2.57. The van der Waals surface area contributed by atoms with Gasteiger partial charge in [0.25, 0.3) is 5.91 Å². The lowest BCUT2D eigenvalue weighted by atomic mass is 9.95. The molecule has 0 aliphatic heterocycles. The Labute approximate surface area is 125 Å². The van der Waals surface area contributed by atoms with Crippen LogP contribution in [0, 0.1) is 0 Å². The number of anilines is 1. The molecule has 5 heteroatoms. The second-order valence-corrected chi connectivity index (χ2v) is 5.51. The third-order valence-electron chi connectivity index (χ3n) is 3.84. The summed E-state index contributed by atoms with van der Waals surface area (Å²) in [5.41, 5.74) is 6.36. The highest BCUT2D eigenvalue weighted by Crippen LogP contribution is 2.27. The number of amides is 1. The minimum Gasteiger partial charge on any atom is -0.497 e. The van der Waals surface area contributed by atoms with Crippen LogP contribution in [-0.4, -0.2) is 25.2 Å². The smallest absolute Gasteiger partial charge is 0.260 e. The van der Waals surface area contributed by atoms with Crippen molar-refractivity contribution in [1.82, 2.24) is 5.32 Å². The van der Waals surface area contributed by atoms with E-state index in [1.165, 1.54) is 19.3 Å². The van der Waals surface area contributed by atoms with E-state index in [0.29, 0.717) is 17.2 Å². The van der Waals surface area contributed by atoms with Gasteiger partial charge in [-0.1, -0.05) is 19.3 Å². The van der Waals surface area contributed by atoms with Gasteiger partial charge in [-0.3, -0.25) is 4.79 Å². The van der Waals surface area contributed by atoms with E-state index in [9.17, 15) is 4.79 Å². The van der Waals surface area contributed by atoms with Crippen LogP contribution in [0.25, 0.3) is 0 Å². The number of carbonyl (C=O) groups is 1.